The molecule has 0 spiro atoms. The third-order valence-corrected chi connectivity index (χ3v) is 5.34. The number of rotatable bonds is 5. The van der Waals surface area contributed by atoms with E-state index in [1.807, 2.05) is 26.0 Å². The molecule has 1 aromatic heterocycles. The molecular formula is C21H26N2O4. The van der Waals surface area contributed by atoms with Gasteiger partial charge < -0.3 is 9.73 Å². The van der Waals surface area contributed by atoms with Gasteiger partial charge in [0.2, 0.25) is 0 Å². The fourth-order valence-corrected chi connectivity index (χ4v) is 3.42. The predicted octanol–water partition coefficient (Wildman–Crippen LogP) is 3.66. The molecule has 144 valence electrons. The first-order chi connectivity index (χ1) is 12.6. The first-order valence-electron chi connectivity index (χ1n) is 9.29. The Kier molecular flexibility index (Phi) is 4.84. The van der Waals surface area contributed by atoms with Crippen molar-refractivity contribution >= 4 is 22.9 Å². The van der Waals surface area contributed by atoms with E-state index < -0.39 is 17.2 Å². The van der Waals surface area contributed by atoms with Crippen LogP contribution in [0.5, 0.6) is 0 Å². The molecule has 1 aliphatic rings. The molecule has 6 nitrogen and oxygen atoms in total. The molecule has 0 saturated carbocycles. The van der Waals surface area contributed by atoms with Crippen molar-refractivity contribution in [2.24, 2.45) is 5.92 Å². The van der Waals surface area contributed by atoms with Crippen LogP contribution < -0.4 is 10.9 Å². The lowest BCUT2D eigenvalue weighted by Gasteiger charge is -2.22. The number of aryl methyl sites for hydroxylation is 2. The van der Waals surface area contributed by atoms with Gasteiger partial charge in [-0.25, -0.2) is 9.59 Å². The van der Waals surface area contributed by atoms with Gasteiger partial charge in [0.05, 0.1) is 6.54 Å². The minimum Gasteiger partial charge on any atom is -0.423 e. The van der Waals surface area contributed by atoms with Crippen LogP contribution in [0.25, 0.3) is 11.0 Å². The standard InChI is InChI=1S/C21H26N2O4/c1-12(2)6-7-21(5)19(25)23(20(26)22-21)11-15-10-18(24)27-17-9-14(4)13(3)8-16(15)17/h8-10,12H,6-7,11H2,1-5H3,(H,22,26)/t21-/m1/s1. The molecule has 1 N–H and O–H groups in total. The molecular weight excluding hydrogens is 344 g/mol. The Morgan fingerprint density at radius 1 is 1.11 bits per heavy atom. The number of hydrogen-bond donors (Lipinski definition) is 1. The molecule has 2 heterocycles. The Morgan fingerprint density at radius 2 is 1.78 bits per heavy atom. The lowest BCUT2D eigenvalue weighted by atomic mass is 9.92. The van der Waals surface area contributed by atoms with E-state index in [1.54, 1.807) is 6.92 Å². The number of imide groups is 1. The molecule has 1 saturated heterocycles. The van der Waals surface area contributed by atoms with Crippen LogP contribution in [0.2, 0.25) is 0 Å². The number of carbonyl (C=O) groups excluding carboxylic acids is 2. The van der Waals surface area contributed by atoms with Gasteiger partial charge in [-0.1, -0.05) is 13.8 Å². The zero-order valence-electron chi connectivity index (χ0n) is 16.5. The summed E-state index contributed by atoms with van der Waals surface area (Å²) in [5.74, 6) is 0.188. The highest BCUT2D eigenvalue weighted by Gasteiger charge is 2.47. The zero-order chi connectivity index (χ0) is 19.9. The number of amides is 3. The van der Waals surface area contributed by atoms with Crippen molar-refractivity contribution in [1.82, 2.24) is 10.2 Å². The van der Waals surface area contributed by atoms with Gasteiger partial charge in [-0.05, 0) is 68.4 Å². The Labute approximate surface area is 158 Å². The Hall–Kier alpha value is -2.63. The minimum atomic E-state index is -0.900. The maximum absolute atomic E-state index is 12.9. The zero-order valence-corrected chi connectivity index (χ0v) is 16.5. The Bertz CT molecular complexity index is 976. The van der Waals surface area contributed by atoms with Crippen LogP contribution >= 0.6 is 0 Å². The average molecular weight is 370 g/mol. The highest BCUT2D eigenvalue weighted by atomic mass is 16.4. The number of urea groups is 1. The van der Waals surface area contributed by atoms with Crippen molar-refractivity contribution < 1.29 is 14.0 Å². The highest BCUT2D eigenvalue weighted by molar-refractivity contribution is 6.06. The molecule has 27 heavy (non-hydrogen) atoms. The molecule has 2 aromatic rings. The van der Waals surface area contributed by atoms with Crippen LogP contribution in [0.3, 0.4) is 0 Å². The monoisotopic (exact) mass is 370 g/mol. The smallest absolute Gasteiger partial charge is 0.336 e. The summed E-state index contributed by atoms with van der Waals surface area (Å²) in [5, 5.41) is 3.57. The van der Waals surface area contributed by atoms with Crippen LogP contribution in [0, 0.1) is 19.8 Å². The second-order valence-corrected chi connectivity index (χ2v) is 8.11. The van der Waals surface area contributed by atoms with Gasteiger partial charge in [-0.15, -0.1) is 0 Å². The number of benzene rings is 1. The van der Waals surface area contributed by atoms with Gasteiger partial charge >= 0.3 is 11.7 Å². The second-order valence-electron chi connectivity index (χ2n) is 8.11. The second kappa shape index (κ2) is 6.83. The van der Waals surface area contributed by atoms with Gasteiger partial charge in [0, 0.05) is 11.5 Å². The Balaban J connectivity index is 1.95. The number of hydrogen-bond acceptors (Lipinski definition) is 4. The van der Waals surface area contributed by atoms with Crippen molar-refractivity contribution in [2.45, 2.75) is 59.5 Å². The van der Waals surface area contributed by atoms with Crippen LogP contribution in [-0.2, 0) is 11.3 Å². The van der Waals surface area contributed by atoms with E-state index in [4.69, 9.17) is 4.42 Å². The third-order valence-electron chi connectivity index (χ3n) is 5.34. The molecule has 1 atom stereocenters. The summed E-state index contributed by atoms with van der Waals surface area (Å²) < 4.78 is 5.30. The number of fused-ring (bicyclic) bond motifs is 1. The molecule has 6 heteroatoms. The number of nitrogens with one attached hydrogen (secondary N) is 1. The van der Waals surface area contributed by atoms with E-state index in [0.717, 1.165) is 22.9 Å². The molecule has 0 bridgehead atoms. The first kappa shape index (κ1) is 19.1. The van der Waals surface area contributed by atoms with E-state index in [-0.39, 0.29) is 12.5 Å². The number of carbonyl (C=O) groups is 2. The number of nitrogens with zero attached hydrogens (tertiary/aromatic N) is 1. The lowest BCUT2D eigenvalue weighted by molar-refractivity contribution is -0.131. The SMILES string of the molecule is Cc1cc2oc(=O)cc(CN3C(=O)N[C@](C)(CCC(C)C)C3=O)c2cc1C. The summed E-state index contributed by atoms with van der Waals surface area (Å²) in [5.41, 5.74) is 1.76. The molecule has 3 amide bonds. The van der Waals surface area contributed by atoms with Gasteiger partial charge in [0.15, 0.2) is 0 Å². The maximum atomic E-state index is 12.9. The fourth-order valence-electron chi connectivity index (χ4n) is 3.42. The molecule has 0 unspecified atom stereocenters. The van der Waals surface area contributed by atoms with Gasteiger partial charge in [0.1, 0.15) is 11.1 Å². The van der Waals surface area contributed by atoms with E-state index in [9.17, 15) is 14.4 Å². The maximum Gasteiger partial charge on any atom is 0.336 e. The molecule has 3 rings (SSSR count). The molecule has 1 aliphatic heterocycles. The van der Waals surface area contributed by atoms with Crippen molar-refractivity contribution in [3.63, 3.8) is 0 Å². The molecule has 1 aromatic carbocycles. The van der Waals surface area contributed by atoms with Crippen LogP contribution in [0.15, 0.2) is 27.4 Å². The molecule has 0 aliphatic carbocycles. The third kappa shape index (κ3) is 3.61. The lowest BCUT2D eigenvalue weighted by Crippen LogP contribution is -2.44. The molecule has 1 fully saturated rings. The fraction of sp³-hybridized carbons (Fsp3) is 0.476. The van der Waals surface area contributed by atoms with Gasteiger partial charge in [0.25, 0.3) is 5.91 Å². The summed E-state index contributed by atoms with van der Waals surface area (Å²) in [6.45, 7) is 9.90. The highest BCUT2D eigenvalue weighted by Crippen LogP contribution is 2.28. The van der Waals surface area contributed by atoms with E-state index in [0.29, 0.717) is 23.5 Å². The Morgan fingerprint density at radius 3 is 2.44 bits per heavy atom. The quantitative estimate of drug-likeness (QED) is 0.643. The summed E-state index contributed by atoms with van der Waals surface area (Å²) in [6.07, 6.45) is 1.43. The summed E-state index contributed by atoms with van der Waals surface area (Å²) in [7, 11) is 0. The largest absolute Gasteiger partial charge is 0.423 e. The van der Waals surface area contributed by atoms with E-state index in [1.165, 1.54) is 11.0 Å². The average Bonchev–Trinajstić information content (AvgIpc) is 2.78. The summed E-state index contributed by atoms with van der Waals surface area (Å²) in [4.78, 5) is 38.6. The van der Waals surface area contributed by atoms with Crippen molar-refractivity contribution in [2.75, 3.05) is 0 Å². The van der Waals surface area contributed by atoms with Crippen molar-refractivity contribution in [3.05, 3.63) is 45.3 Å². The molecule has 0 radical (unpaired) electrons. The van der Waals surface area contributed by atoms with Crippen LogP contribution in [0.1, 0.15) is 50.3 Å². The normalized spacial score (nSPS) is 20.0. The topological polar surface area (TPSA) is 79.6 Å². The minimum absolute atomic E-state index is 0.0482. The van der Waals surface area contributed by atoms with Gasteiger partial charge in [-0.2, -0.15) is 0 Å². The predicted molar refractivity (Wildman–Crippen MR) is 104 cm³/mol. The summed E-state index contributed by atoms with van der Waals surface area (Å²) in [6, 6.07) is 4.69. The first-order valence-corrected chi connectivity index (χ1v) is 9.29. The van der Waals surface area contributed by atoms with E-state index in [2.05, 4.69) is 19.2 Å². The van der Waals surface area contributed by atoms with Crippen molar-refractivity contribution in [3.8, 4) is 0 Å². The van der Waals surface area contributed by atoms with Crippen molar-refractivity contribution in [1.29, 1.82) is 0 Å². The van der Waals surface area contributed by atoms with Crippen LogP contribution in [0.4, 0.5) is 4.79 Å². The summed E-state index contributed by atoms with van der Waals surface area (Å²) >= 11 is 0. The van der Waals surface area contributed by atoms with E-state index >= 15 is 0 Å². The van der Waals surface area contributed by atoms with Gasteiger partial charge in [-0.3, -0.25) is 9.69 Å². The van der Waals surface area contributed by atoms with Crippen LogP contribution in [-0.4, -0.2) is 22.4 Å².